The molecule has 0 saturated heterocycles. The molecule has 0 N–H and O–H groups in total. The summed E-state index contributed by atoms with van der Waals surface area (Å²) >= 11 is 0. The first-order valence-corrected chi connectivity index (χ1v) is 22.8. The highest BCUT2D eigenvalue weighted by atomic mass is 15.1. The van der Waals surface area contributed by atoms with E-state index >= 15 is 0 Å². The third-order valence-electron chi connectivity index (χ3n) is 13.5. The van der Waals surface area contributed by atoms with Crippen molar-refractivity contribution in [2.24, 2.45) is 0 Å². The van der Waals surface area contributed by atoms with E-state index in [4.69, 9.17) is 0 Å². The molecule has 308 valence electrons. The van der Waals surface area contributed by atoms with Gasteiger partial charge in [0.1, 0.15) is 0 Å². The molecule has 0 saturated carbocycles. The van der Waals surface area contributed by atoms with Crippen molar-refractivity contribution in [1.82, 2.24) is 4.57 Å². The molecule has 0 atom stereocenters. The molecule has 0 aliphatic heterocycles. The molecule has 0 fully saturated rings. The van der Waals surface area contributed by atoms with Gasteiger partial charge in [0.2, 0.25) is 0 Å². The highest BCUT2D eigenvalue weighted by Gasteiger charge is 2.22. The summed E-state index contributed by atoms with van der Waals surface area (Å²) in [6.07, 6.45) is 0. The van der Waals surface area contributed by atoms with Crippen molar-refractivity contribution in [2.45, 2.75) is 0 Å². The fourth-order valence-corrected chi connectivity index (χ4v) is 10.6. The number of hydrogen-bond donors (Lipinski definition) is 0. The molecule has 1 heterocycles. The van der Waals surface area contributed by atoms with E-state index in [-0.39, 0.29) is 0 Å². The van der Waals surface area contributed by atoms with Crippen LogP contribution in [-0.2, 0) is 0 Å². The van der Waals surface area contributed by atoms with Crippen LogP contribution in [0.15, 0.2) is 255 Å². The predicted molar refractivity (Wildman–Crippen MR) is 282 cm³/mol. The second-order valence-electron chi connectivity index (χ2n) is 17.2. The average Bonchev–Trinajstić information content (AvgIpc) is 3.73. The Morgan fingerprint density at radius 1 is 0.258 bits per heavy atom. The van der Waals surface area contributed by atoms with Crippen LogP contribution in [0.25, 0.3) is 104 Å². The van der Waals surface area contributed by atoms with Gasteiger partial charge in [-0.3, -0.25) is 0 Å². The molecule has 12 aromatic carbocycles. The summed E-state index contributed by atoms with van der Waals surface area (Å²) in [7, 11) is 0. The lowest BCUT2D eigenvalue weighted by Gasteiger charge is -2.28. The number of para-hydroxylation sites is 2. The summed E-state index contributed by atoms with van der Waals surface area (Å²) in [6.45, 7) is 0. The number of anilines is 3. The van der Waals surface area contributed by atoms with Gasteiger partial charge in [0.05, 0.1) is 16.7 Å². The zero-order chi connectivity index (χ0) is 43.6. The maximum atomic E-state index is 2.46. The summed E-state index contributed by atoms with van der Waals surface area (Å²) in [4.78, 5) is 2.46. The average molecular weight is 839 g/mol. The second kappa shape index (κ2) is 15.5. The van der Waals surface area contributed by atoms with Crippen LogP contribution in [0.2, 0.25) is 0 Å². The van der Waals surface area contributed by atoms with E-state index in [2.05, 4.69) is 264 Å². The molecule has 13 aromatic rings. The maximum absolute atomic E-state index is 2.46. The van der Waals surface area contributed by atoms with Crippen molar-refractivity contribution in [3.8, 4) is 39.1 Å². The number of hydrogen-bond acceptors (Lipinski definition) is 1. The molecule has 2 nitrogen and oxygen atoms in total. The Bertz CT molecular complexity index is 3960. The topological polar surface area (TPSA) is 8.17 Å². The summed E-state index contributed by atoms with van der Waals surface area (Å²) in [5.41, 5.74) is 14.1. The van der Waals surface area contributed by atoms with Gasteiger partial charge in [0.25, 0.3) is 0 Å². The second-order valence-corrected chi connectivity index (χ2v) is 17.2. The molecule has 0 aliphatic rings. The minimum absolute atomic E-state index is 1.09. The number of benzene rings is 12. The molecule has 0 spiro atoms. The van der Waals surface area contributed by atoms with Crippen molar-refractivity contribution in [1.29, 1.82) is 0 Å². The standard InChI is InChI=1S/C64H42N2/c1-4-18-45(19-5-1)63-57-27-13-12-25-53(57)54-39-37-50(42-59(54)64(63)46-20-6-2-7-21-46)65(60-30-16-28-52-51-24-11-10-17-44(51)33-38-56(52)60)49-35-31-43(32-36-49)47-34-40-62-58(41-47)55-26-14-15-29-61(55)66(62)48-22-8-3-9-23-48/h1-42H. The van der Waals surface area contributed by atoms with Crippen LogP contribution in [-0.4, -0.2) is 4.57 Å². The Balaban J connectivity index is 1.03. The SMILES string of the molecule is c1ccc(-c2c(-c3ccccc3)c3cc(N(c4ccc(-c5ccc6c(c5)c5ccccc5n6-c5ccccc5)cc4)c4cccc5c4ccc4ccccc45)ccc3c3ccccc23)cc1. The van der Waals surface area contributed by atoms with E-state index in [1.54, 1.807) is 0 Å². The van der Waals surface area contributed by atoms with Crippen molar-refractivity contribution < 1.29 is 0 Å². The highest BCUT2D eigenvalue weighted by molar-refractivity contribution is 6.22. The van der Waals surface area contributed by atoms with Crippen LogP contribution < -0.4 is 4.90 Å². The van der Waals surface area contributed by atoms with Crippen molar-refractivity contribution in [3.05, 3.63) is 255 Å². The number of nitrogens with zero attached hydrogens (tertiary/aromatic N) is 2. The fraction of sp³-hybridized carbons (Fsp3) is 0. The van der Waals surface area contributed by atoms with Gasteiger partial charge in [-0.15, -0.1) is 0 Å². The van der Waals surface area contributed by atoms with Gasteiger partial charge in [-0.25, -0.2) is 0 Å². The summed E-state index contributed by atoms with van der Waals surface area (Å²) in [5, 5.41) is 12.4. The zero-order valence-corrected chi connectivity index (χ0v) is 36.1. The van der Waals surface area contributed by atoms with Crippen molar-refractivity contribution in [3.63, 3.8) is 0 Å². The van der Waals surface area contributed by atoms with Gasteiger partial charge in [-0.1, -0.05) is 194 Å². The summed E-state index contributed by atoms with van der Waals surface area (Å²) in [5.74, 6) is 0. The molecular formula is C64H42N2. The number of fused-ring (bicyclic) bond motifs is 9. The monoisotopic (exact) mass is 838 g/mol. The normalized spacial score (nSPS) is 11.6. The predicted octanol–water partition coefficient (Wildman–Crippen LogP) is 17.9. The third kappa shape index (κ3) is 6.11. The largest absolute Gasteiger partial charge is 0.310 e. The van der Waals surface area contributed by atoms with Gasteiger partial charge in [-0.05, 0) is 132 Å². The lowest BCUT2D eigenvalue weighted by atomic mass is 9.85. The van der Waals surface area contributed by atoms with Crippen molar-refractivity contribution >= 4 is 82.0 Å². The first-order chi connectivity index (χ1) is 32.8. The minimum Gasteiger partial charge on any atom is -0.310 e. The van der Waals surface area contributed by atoms with E-state index in [1.165, 1.54) is 98.3 Å². The van der Waals surface area contributed by atoms with Crippen LogP contribution >= 0.6 is 0 Å². The molecule has 0 amide bonds. The maximum Gasteiger partial charge on any atom is 0.0541 e. The molecule has 66 heavy (non-hydrogen) atoms. The molecule has 13 rings (SSSR count). The molecule has 1 aromatic heterocycles. The van der Waals surface area contributed by atoms with Gasteiger partial charge >= 0.3 is 0 Å². The molecule has 0 unspecified atom stereocenters. The summed E-state index contributed by atoms with van der Waals surface area (Å²) in [6, 6.07) is 93.3. The molecular weight excluding hydrogens is 797 g/mol. The van der Waals surface area contributed by atoms with Crippen LogP contribution in [0.5, 0.6) is 0 Å². The van der Waals surface area contributed by atoms with Gasteiger partial charge in [0.15, 0.2) is 0 Å². The van der Waals surface area contributed by atoms with Crippen molar-refractivity contribution in [2.75, 3.05) is 4.90 Å². The minimum atomic E-state index is 1.09. The highest BCUT2D eigenvalue weighted by Crippen LogP contribution is 2.48. The number of rotatable bonds is 7. The smallest absolute Gasteiger partial charge is 0.0541 e. The Kier molecular flexibility index (Phi) is 8.89. The van der Waals surface area contributed by atoms with E-state index in [0.717, 1.165) is 22.7 Å². The number of aromatic nitrogens is 1. The van der Waals surface area contributed by atoms with Crippen LogP contribution in [0, 0.1) is 0 Å². The Labute approximate surface area is 383 Å². The zero-order valence-electron chi connectivity index (χ0n) is 36.1. The van der Waals surface area contributed by atoms with E-state index in [0.29, 0.717) is 0 Å². The van der Waals surface area contributed by atoms with Crippen LogP contribution in [0.3, 0.4) is 0 Å². The molecule has 0 aliphatic carbocycles. The van der Waals surface area contributed by atoms with E-state index in [9.17, 15) is 0 Å². The fourth-order valence-electron chi connectivity index (χ4n) is 10.6. The Morgan fingerprint density at radius 3 is 1.55 bits per heavy atom. The van der Waals surface area contributed by atoms with E-state index in [1.807, 2.05) is 0 Å². The Hall–Kier alpha value is -8.72. The van der Waals surface area contributed by atoms with E-state index < -0.39 is 0 Å². The summed E-state index contributed by atoms with van der Waals surface area (Å²) < 4.78 is 2.38. The quantitative estimate of drug-likeness (QED) is 0.145. The lowest BCUT2D eigenvalue weighted by molar-refractivity contribution is 1.18. The lowest BCUT2D eigenvalue weighted by Crippen LogP contribution is -2.10. The molecule has 0 bridgehead atoms. The first-order valence-electron chi connectivity index (χ1n) is 22.8. The van der Waals surface area contributed by atoms with Gasteiger partial charge in [-0.2, -0.15) is 0 Å². The first kappa shape index (κ1) is 37.8. The third-order valence-corrected chi connectivity index (χ3v) is 13.5. The Morgan fingerprint density at radius 2 is 0.788 bits per heavy atom. The molecule has 2 heteroatoms. The van der Waals surface area contributed by atoms with Crippen LogP contribution in [0.1, 0.15) is 0 Å². The molecule has 0 radical (unpaired) electrons. The van der Waals surface area contributed by atoms with Gasteiger partial charge in [0, 0.05) is 33.2 Å². The van der Waals surface area contributed by atoms with Crippen LogP contribution in [0.4, 0.5) is 17.1 Å². The van der Waals surface area contributed by atoms with Gasteiger partial charge < -0.3 is 9.47 Å².